The molecule has 0 aliphatic heterocycles. The van der Waals surface area contributed by atoms with E-state index in [-0.39, 0.29) is 0 Å². The molecule has 19 heavy (non-hydrogen) atoms. The fourth-order valence-electron chi connectivity index (χ4n) is 1.94. The highest BCUT2D eigenvalue weighted by molar-refractivity contribution is 7.16. The zero-order chi connectivity index (χ0) is 12.7. The van der Waals surface area contributed by atoms with Gasteiger partial charge in [-0.3, -0.25) is 5.10 Å². The van der Waals surface area contributed by atoms with E-state index < -0.39 is 0 Å². The number of nitrogens with one attached hydrogen (secondary N) is 2. The predicted molar refractivity (Wildman–Crippen MR) is 74.6 cm³/mol. The molecule has 0 fully saturated rings. The van der Waals surface area contributed by atoms with Crippen LogP contribution in [0.15, 0.2) is 36.2 Å². The lowest BCUT2D eigenvalue weighted by molar-refractivity contribution is 1.12. The maximum Gasteiger partial charge on any atom is 0.161 e. The van der Waals surface area contributed by atoms with Crippen molar-refractivity contribution < 1.29 is 0 Å². The largest absolute Gasteiger partial charge is 0.338 e. The first-order valence-electron chi connectivity index (χ1n) is 5.64. The summed E-state index contributed by atoms with van der Waals surface area (Å²) in [5.74, 6) is 0.717. The fourth-order valence-corrected chi connectivity index (χ4v) is 2.57. The fraction of sp³-hybridized carbons (Fsp3) is 0. The maximum atomic E-state index is 4.28. The Hall–Kier alpha value is -2.54. The molecular formula is C12H8N6S. The highest BCUT2D eigenvalue weighted by atomic mass is 32.1. The summed E-state index contributed by atoms with van der Waals surface area (Å²) in [6.45, 7) is 0. The third kappa shape index (κ3) is 1.71. The van der Waals surface area contributed by atoms with Crippen molar-refractivity contribution in [3.63, 3.8) is 0 Å². The van der Waals surface area contributed by atoms with Crippen LogP contribution in [0.5, 0.6) is 0 Å². The third-order valence-corrected chi connectivity index (χ3v) is 3.57. The molecule has 0 saturated carbocycles. The van der Waals surface area contributed by atoms with Crippen molar-refractivity contribution in [1.82, 2.24) is 25.1 Å². The minimum atomic E-state index is 0.717. The lowest BCUT2D eigenvalue weighted by Gasteiger charge is -2.05. The van der Waals surface area contributed by atoms with E-state index in [1.165, 1.54) is 11.3 Å². The van der Waals surface area contributed by atoms with Gasteiger partial charge in [0.25, 0.3) is 0 Å². The van der Waals surface area contributed by atoms with E-state index >= 15 is 0 Å². The van der Waals surface area contributed by atoms with Gasteiger partial charge in [0.15, 0.2) is 5.82 Å². The standard InChI is InChI=1S/C12H8N6S/c1-2-9-7(4-16-18-9)3-8(1)17-11-10-12(14-5-13-11)19-6-15-10/h1-6H,(H,16,18)(H,13,14,17). The molecule has 0 aliphatic rings. The van der Waals surface area contributed by atoms with Gasteiger partial charge in [-0.15, -0.1) is 11.3 Å². The first kappa shape index (κ1) is 10.4. The minimum Gasteiger partial charge on any atom is -0.338 e. The second kappa shape index (κ2) is 3.99. The molecule has 0 amide bonds. The predicted octanol–water partition coefficient (Wildman–Crippen LogP) is 2.71. The molecule has 0 spiro atoms. The van der Waals surface area contributed by atoms with Crippen LogP contribution in [-0.2, 0) is 0 Å². The number of nitrogens with zero attached hydrogens (tertiary/aromatic N) is 4. The van der Waals surface area contributed by atoms with Crippen molar-refractivity contribution in [1.29, 1.82) is 0 Å². The Morgan fingerprint density at radius 3 is 3.16 bits per heavy atom. The summed E-state index contributed by atoms with van der Waals surface area (Å²) in [5.41, 5.74) is 4.51. The Balaban J connectivity index is 1.79. The molecule has 92 valence electrons. The second-order valence-corrected chi connectivity index (χ2v) is 4.86. The van der Waals surface area contributed by atoms with Gasteiger partial charge < -0.3 is 5.32 Å². The van der Waals surface area contributed by atoms with E-state index in [1.807, 2.05) is 18.2 Å². The summed E-state index contributed by atoms with van der Waals surface area (Å²) in [6, 6.07) is 5.96. The Labute approximate surface area is 111 Å². The van der Waals surface area contributed by atoms with Crippen molar-refractivity contribution in [2.45, 2.75) is 0 Å². The van der Waals surface area contributed by atoms with E-state index in [4.69, 9.17) is 0 Å². The molecule has 2 N–H and O–H groups in total. The molecule has 6 nitrogen and oxygen atoms in total. The van der Waals surface area contributed by atoms with Gasteiger partial charge in [0, 0.05) is 11.1 Å². The lowest BCUT2D eigenvalue weighted by Crippen LogP contribution is -1.95. The lowest BCUT2D eigenvalue weighted by atomic mass is 10.2. The van der Waals surface area contributed by atoms with Gasteiger partial charge in [0.05, 0.1) is 17.2 Å². The number of rotatable bonds is 2. The highest BCUT2D eigenvalue weighted by Crippen LogP contribution is 2.25. The van der Waals surface area contributed by atoms with Gasteiger partial charge >= 0.3 is 0 Å². The number of aromatic amines is 1. The maximum absolute atomic E-state index is 4.28. The zero-order valence-electron chi connectivity index (χ0n) is 9.66. The number of benzene rings is 1. The number of H-pyrrole nitrogens is 1. The third-order valence-electron chi connectivity index (χ3n) is 2.84. The zero-order valence-corrected chi connectivity index (χ0v) is 10.5. The summed E-state index contributed by atoms with van der Waals surface area (Å²) >= 11 is 1.50. The van der Waals surface area contributed by atoms with Gasteiger partial charge in [-0.05, 0) is 18.2 Å². The van der Waals surface area contributed by atoms with Crippen molar-refractivity contribution in [3.8, 4) is 0 Å². The molecule has 0 saturated heterocycles. The van der Waals surface area contributed by atoms with E-state index in [2.05, 4.69) is 30.5 Å². The van der Waals surface area contributed by atoms with Gasteiger partial charge in [-0.2, -0.15) is 5.10 Å². The summed E-state index contributed by atoms with van der Waals surface area (Å²) < 4.78 is 0. The Bertz CT molecular complexity index is 865. The van der Waals surface area contributed by atoms with Gasteiger partial charge in [-0.1, -0.05) is 0 Å². The summed E-state index contributed by atoms with van der Waals surface area (Å²) in [6.07, 6.45) is 3.33. The van der Waals surface area contributed by atoms with E-state index in [9.17, 15) is 0 Å². The Morgan fingerprint density at radius 1 is 1.16 bits per heavy atom. The van der Waals surface area contributed by atoms with Crippen molar-refractivity contribution in [2.24, 2.45) is 0 Å². The number of thiazole rings is 1. The van der Waals surface area contributed by atoms with Crippen LogP contribution in [0.3, 0.4) is 0 Å². The van der Waals surface area contributed by atoms with Crippen LogP contribution in [0.25, 0.3) is 21.3 Å². The van der Waals surface area contributed by atoms with Gasteiger partial charge in [0.2, 0.25) is 0 Å². The second-order valence-electron chi connectivity index (χ2n) is 4.03. The molecule has 0 radical (unpaired) electrons. The van der Waals surface area contributed by atoms with Gasteiger partial charge in [0.1, 0.15) is 16.7 Å². The van der Waals surface area contributed by atoms with Crippen molar-refractivity contribution in [2.75, 3.05) is 5.32 Å². The SMILES string of the molecule is c1nc(Nc2ccc3[nH]ncc3c2)c2ncsc2n1. The molecule has 7 heteroatoms. The molecule has 0 atom stereocenters. The van der Waals surface area contributed by atoms with Crippen molar-refractivity contribution in [3.05, 3.63) is 36.2 Å². The van der Waals surface area contributed by atoms with Crippen LogP contribution >= 0.6 is 11.3 Å². The average molecular weight is 268 g/mol. The topological polar surface area (TPSA) is 79.4 Å². The van der Waals surface area contributed by atoms with Crippen LogP contribution in [0, 0.1) is 0 Å². The molecule has 3 heterocycles. The molecule has 4 aromatic rings. The summed E-state index contributed by atoms with van der Waals surface area (Å²) in [5, 5.41) is 11.2. The number of aromatic nitrogens is 5. The van der Waals surface area contributed by atoms with E-state index in [0.717, 1.165) is 26.9 Å². The summed E-state index contributed by atoms with van der Waals surface area (Å²) in [4.78, 5) is 13.6. The number of anilines is 2. The quantitative estimate of drug-likeness (QED) is 0.584. The van der Waals surface area contributed by atoms with E-state index in [0.29, 0.717) is 5.82 Å². The van der Waals surface area contributed by atoms with Crippen LogP contribution in [0.2, 0.25) is 0 Å². The number of hydrogen-bond donors (Lipinski definition) is 2. The first-order valence-corrected chi connectivity index (χ1v) is 6.52. The molecule has 4 rings (SSSR count). The average Bonchev–Trinajstić information content (AvgIpc) is 3.06. The molecular weight excluding hydrogens is 260 g/mol. The minimum absolute atomic E-state index is 0.717. The molecule has 1 aromatic carbocycles. The van der Waals surface area contributed by atoms with Crippen molar-refractivity contribution >= 4 is 44.1 Å². The van der Waals surface area contributed by atoms with Crippen LogP contribution < -0.4 is 5.32 Å². The molecule has 0 bridgehead atoms. The Kier molecular flexibility index (Phi) is 2.18. The smallest absolute Gasteiger partial charge is 0.161 e. The summed E-state index contributed by atoms with van der Waals surface area (Å²) in [7, 11) is 0. The Morgan fingerprint density at radius 2 is 2.16 bits per heavy atom. The first-order chi connectivity index (χ1) is 9.40. The molecule has 0 unspecified atom stereocenters. The normalized spacial score (nSPS) is 11.2. The monoisotopic (exact) mass is 268 g/mol. The number of fused-ring (bicyclic) bond motifs is 2. The van der Waals surface area contributed by atoms with Crippen LogP contribution in [-0.4, -0.2) is 25.1 Å². The van der Waals surface area contributed by atoms with Crippen LogP contribution in [0.4, 0.5) is 11.5 Å². The van der Waals surface area contributed by atoms with E-state index in [1.54, 1.807) is 18.0 Å². The van der Waals surface area contributed by atoms with Crippen LogP contribution in [0.1, 0.15) is 0 Å². The molecule has 0 aliphatic carbocycles. The highest BCUT2D eigenvalue weighted by Gasteiger charge is 2.07. The number of hydrogen-bond acceptors (Lipinski definition) is 6. The molecule has 3 aromatic heterocycles. The van der Waals surface area contributed by atoms with Gasteiger partial charge in [-0.25, -0.2) is 15.0 Å².